The lowest BCUT2D eigenvalue weighted by Gasteiger charge is -2.20. The molecule has 0 radical (unpaired) electrons. The number of amides is 3. The average molecular weight is 464 g/mol. The predicted octanol–water partition coefficient (Wildman–Crippen LogP) is 3.59. The first kappa shape index (κ1) is 30.1. The fourth-order valence-corrected chi connectivity index (χ4v) is 2.64. The van der Waals surface area contributed by atoms with Gasteiger partial charge < -0.3 is 25.5 Å². The zero-order chi connectivity index (χ0) is 25.2. The third-order valence-electron chi connectivity index (χ3n) is 4.06. The fraction of sp³-hybridized carbons (Fsp3) is 0.600. The second-order valence-corrected chi connectivity index (χ2v) is 8.94. The van der Waals surface area contributed by atoms with Crippen molar-refractivity contribution in [1.82, 2.24) is 16.0 Å². The topological polar surface area (TPSA) is 114 Å². The highest BCUT2D eigenvalue weighted by Gasteiger charge is 2.23. The maximum atomic E-state index is 12.4. The third-order valence-corrected chi connectivity index (χ3v) is 4.06. The molecule has 0 saturated heterocycles. The number of carbonyl (C=O) groups is 4. The Labute approximate surface area is 198 Å². The highest BCUT2D eigenvalue weighted by molar-refractivity contribution is 5.90. The molecule has 0 aliphatic rings. The molecule has 0 saturated carbocycles. The number of aldehydes is 1. The number of rotatable bonds is 12. The van der Waals surface area contributed by atoms with E-state index in [-0.39, 0.29) is 19.1 Å². The van der Waals surface area contributed by atoms with Crippen molar-refractivity contribution >= 4 is 24.2 Å². The molecule has 0 aromatic heterocycles. The predicted molar refractivity (Wildman–Crippen MR) is 129 cm³/mol. The monoisotopic (exact) mass is 463 g/mol. The maximum absolute atomic E-state index is 12.4. The van der Waals surface area contributed by atoms with Gasteiger partial charge in [-0.25, -0.2) is 4.79 Å². The summed E-state index contributed by atoms with van der Waals surface area (Å²) in [5, 5.41) is 7.60. The van der Waals surface area contributed by atoms with Crippen LogP contribution in [-0.4, -0.2) is 42.8 Å². The molecule has 1 rings (SSSR count). The normalized spacial score (nSPS) is 12.1. The van der Waals surface area contributed by atoms with Crippen LogP contribution in [0.25, 0.3) is 0 Å². The Kier molecular flexibility index (Phi) is 16.1. The third kappa shape index (κ3) is 16.4. The molecular formula is C25H41N3O5. The molecule has 0 spiro atoms. The molecule has 0 aliphatic heterocycles. The summed E-state index contributed by atoms with van der Waals surface area (Å²) in [5.74, 6) is 0.0282. The van der Waals surface area contributed by atoms with Crippen LogP contribution in [0.4, 0.5) is 4.79 Å². The van der Waals surface area contributed by atoms with Crippen LogP contribution in [-0.2, 0) is 25.7 Å². The Morgan fingerprint density at radius 3 is 2.12 bits per heavy atom. The van der Waals surface area contributed by atoms with Gasteiger partial charge in [-0.2, -0.15) is 0 Å². The van der Waals surface area contributed by atoms with Crippen LogP contribution in [0.15, 0.2) is 30.3 Å². The molecule has 0 unspecified atom stereocenters. The largest absolute Gasteiger partial charge is 0.445 e. The van der Waals surface area contributed by atoms with Crippen molar-refractivity contribution < 1.29 is 23.9 Å². The van der Waals surface area contributed by atoms with Gasteiger partial charge in [0.2, 0.25) is 11.8 Å². The Morgan fingerprint density at radius 2 is 1.61 bits per heavy atom. The van der Waals surface area contributed by atoms with Gasteiger partial charge in [-0.3, -0.25) is 9.59 Å². The zero-order valence-corrected chi connectivity index (χ0v) is 20.9. The molecule has 3 amide bonds. The molecule has 8 nitrogen and oxygen atoms in total. The second-order valence-electron chi connectivity index (χ2n) is 8.94. The van der Waals surface area contributed by atoms with Gasteiger partial charge in [0.15, 0.2) is 0 Å². The lowest BCUT2D eigenvalue weighted by molar-refractivity contribution is -0.128. The van der Waals surface area contributed by atoms with E-state index in [0.29, 0.717) is 19.1 Å². The smallest absolute Gasteiger partial charge is 0.408 e. The van der Waals surface area contributed by atoms with E-state index in [1.165, 1.54) is 0 Å². The number of benzene rings is 1. The SMILES string of the molecule is CC(C)C.CCC[C@@H](C=O)NC(=O)CNC(=O)[C@H](CC(C)C)NC(=O)OCc1ccccc1. The van der Waals surface area contributed by atoms with Crippen LogP contribution in [0.1, 0.15) is 66.4 Å². The van der Waals surface area contributed by atoms with Gasteiger partial charge in [0.1, 0.15) is 18.9 Å². The Balaban J connectivity index is 0.00000235. The van der Waals surface area contributed by atoms with Crippen molar-refractivity contribution in [2.75, 3.05) is 6.54 Å². The van der Waals surface area contributed by atoms with E-state index < -0.39 is 30.0 Å². The lowest BCUT2D eigenvalue weighted by Crippen LogP contribution is -2.50. The van der Waals surface area contributed by atoms with Gasteiger partial charge in [-0.15, -0.1) is 0 Å². The van der Waals surface area contributed by atoms with Crippen molar-refractivity contribution in [1.29, 1.82) is 0 Å². The number of carbonyl (C=O) groups excluding carboxylic acids is 4. The van der Waals surface area contributed by atoms with Crippen molar-refractivity contribution in [2.45, 2.75) is 79.5 Å². The molecule has 0 aliphatic carbocycles. The van der Waals surface area contributed by atoms with Crippen LogP contribution in [0.3, 0.4) is 0 Å². The summed E-state index contributed by atoms with van der Waals surface area (Å²) < 4.78 is 5.16. The quantitative estimate of drug-likeness (QED) is 0.410. The van der Waals surface area contributed by atoms with Crippen LogP contribution in [0.5, 0.6) is 0 Å². The molecule has 0 fully saturated rings. The van der Waals surface area contributed by atoms with Crippen LogP contribution >= 0.6 is 0 Å². The van der Waals surface area contributed by atoms with E-state index in [2.05, 4.69) is 36.7 Å². The number of hydrogen-bond donors (Lipinski definition) is 3. The highest BCUT2D eigenvalue weighted by atomic mass is 16.5. The van der Waals surface area contributed by atoms with Gasteiger partial charge in [-0.1, -0.05) is 78.3 Å². The summed E-state index contributed by atoms with van der Waals surface area (Å²) in [6.45, 7) is 12.1. The summed E-state index contributed by atoms with van der Waals surface area (Å²) in [6, 6.07) is 7.80. The van der Waals surface area contributed by atoms with Crippen LogP contribution in [0.2, 0.25) is 0 Å². The standard InChI is InChI=1S/C21H31N3O5.C4H10/c1-4-8-17(13-25)23-19(26)12-22-20(27)18(11-15(2)3)24-21(28)29-14-16-9-6-5-7-10-16;1-4(2)3/h5-7,9-10,13,15,17-18H,4,8,11-12,14H2,1-3H3,(H,22,27)(H,23,26)(H,24,28);4H,1-3H3/t17-,18-;/m0./s1. The molecule has 2 atom stereocenters. The van der Waals surface area contributed by atoms with Gasteiger partial charge in [0.25, 0.3) is 0 Å². The number of nitrogens with one attached hydrogen (secondary N) is 3. The minimum atomic E-state index is -0.830. The Hall–Kier alpha value is -2.90. The molecular weight excluding hydrogens is 422 g/mol. The van der Waals surface area contributed by atoms with E-state index in [4.69, 9.17) is 4.74 Å². The van der Waals surface area contributed by atoms with Gasteiger partial charge in [0, 0.05) is 0 Å². The molecule has 1 aromatic rings. The minimum absolute atomic E-state index is 0.0929. The summed E-state index contributed by atoms with van der Waals surface area (Å²) in [7, 11) is 0. The van der Waals surface area contributed by atoms with E-state index >= 15 is 0 Å². The highest BCUT2D eigenvalue weighted by Crippen LogP contribution is 2.06. The minimum Gasteiger partial charge on any atom is -0.445 e. The molecule has 33 heavy (non-hydrogen) atoms. The van der Waals surface area contributed by atoms with Crippen molar-refractivity contribution in [3.05, 3.63) is 35.9 Å². The molecule has 3 N–H and O–H groups in total. The number of alkyl carbamates (subject to hydrolysis) is 1. The first-order valence-electron chi connectivity index (χ1n) is 11.6. The fourth-order valence-electron chi connectivity index (χ4n) is 2.64. The summed E-state index contributed by atoms with van der Waals surface area (Å²) in [5.41, 5.74) is 0.834. The molecule has 0 heterocycles. The van der Waals surface area contributed by atoms with E-state index in [9.17, 15) is 19.2 Å². The molecule has 1 aromatic carbocycles. The van der Waals surface area contributed by atoms with Crippen molar-refractivity contribution in [2.24, 2.45) is 11.8 Å². The van der Waals surface area contributed by atoms with E-state index in [1.54, 1.807) is 0 Å². The first-order valence-corrected chi connectivity index (χ1v) is 11.6. The van der Waals surface area contributed by atoms with E-state index in [1.807, 2.05) is 51.1 Å². The van der Waals surface area contributed by atoms with Gasteiger partial charge in [0.05, 0.1) is 12.6 Å². The Morgan fingerprint density at radius 1 is 1.00 bits per heavy atom. The molecule has 186 valence electrons. The maximum Gasteiger partial charge on any atom is 0.408 e. The van der Waals surface area contributed by atoms with Crippen LogP contribution in [0, 0.1) is 11.8 Å². The molecule has 8 heteroatoms. The number of hydrogen-bond acceptors (Lipinski definition) is 5. The molecule has 0 bridgehead atoms. The average Bonchev–Trinajstić information content (AvgIpc) is 2.75. The summed E-state index contributed by atoms with van der Waals surface area (Å²) in [6.07, 6.45) is 1.65. The van der Waals surface area contributed by atoms with Crippen molar-refractivity contribution in [3.8, 4) is 0 Å². The van der Waals surface area contributed by atoms with E-state index in [0.717, 1.165) is 17.9 Å². The Bertz CT molecular complexity index is 704. The lowest BCUT2D eigenvalue weighted by atomic mass is 10.0. The summed E-state index contributed by atoms with van der Waals surface area (Å²) >= 11 is 0. The first-order chi connectivity index (χ1) is 15.6. The summed E-state index contributed by atoms with van der Waals surface area (Å²) in [4.78, 5) is 47.4. The number of ether oxygens (including phenoxy) is 1. The zero-order valence-electron chi connectivity index (χ0n) is 20.9. The van der Waals surface area contributed by atoms with Gasteiger partial charge >= 0.3 is 6.09 Å². The van der Waals surface area contributed by atoms with Crippen molar-refractivity contribution in [3.63, 3.8) is 0 Å². The second kappa shape index (κ2) is 17.6. The van der Waals surface area contributed by atoms with Gasteiger partial charge in [-0.05, 0) is 30.2 Å². The van der Waals surface area contributed by atoms with Crippen LogP contribution < -0.4 is 16.0 Å².